The van der Waals surface area contributed by atoms with Crippen molar-refractivity contribution in [3.8, 4) is 6.07 Å². The number of carbonyl (C=O) groups is 1. The number of nitrogens with one attached hydrogen (secondary N) is 1. The van der Waals surface area contributed by atoms with Gasteiger partial charge in [0.2, 0.25) is 0 Å². The first kappa shape index (κ1) is 14.8. The molecule has 0 aliphatic heterocycles. The lowest BCUT2D eigenvalue weighted by Gasteiger charge is -2.06. The zero-order valence-corrected chi connectivity index (χ0v) is 11.5. The molecule has 2 aromatic rings. The van der Waals surface area contributed by atoms with Crippen LogP contribution in [0.15, 0.2) is 48.5 Å². The lowest BCUT2D eigenvalue weighted by molar-refractivity contribution is -0.136. The summed E-state index contributed by atoms with van der Waals surface area (Å²) >= 11 is 0. The smallest absolute Gasteiger partial charge is 0.307 e. The average molecular weight is 280 g/mol. The molecule has 0 unspecified atom stereocenters. The minimum Gasteiger partial charge on any atom is -0.481 e. The molecule has 0 aliphatic rings. The molecule has 0 aromatic heterocycles. The summed E-state index contributed by atoms with van der Waals surface area (Å²) in [5.74, 6) is -0.821. The van der Waals surface area contributed by atoms with Gasteiger partial charge in [0.05, 0.1) is 18.1 Å². The Labute approximate surface area is 123 Å². The van der Waals surface area contributed by atoms with Crippen molar-refractivity contribution in [3.05, 3.63) is 70.8 Å². The zero-order chi connectivity index (χ0) is 15.1. The predicted molar refractivity (Wildman–Crippen MR) is 79.5 cm³/mol. The summed E-state index contributed by atoms with van der Waals surface area (Å²) < 4.78 is 0. The van der Waals surface area contributed by atoms with Crippen LogP contribution in [0.25, 0.3) is 0 Å². The Morgan fingerprint density at radius 2 is 1.71 bits per heavy atom. The summed E-state index contributed by atoms with van der Waals surface area (Å²) in [5.41, 5.74) is 3.62. The minimum atomic E-state index is -0.821. The van der Waals surface area contributed by atoms with Crippen LogP contribution in [0.5, 0.6) is 0 Å². The van der Waals surface area contributed by atoms with Gasteiger partial charge in [-0.05, 0) is 28.8 Å². The van der Waals surface area contributed by atoms with Crippen molar-refractivity contribution >= 4 is 5.97 Å². The van der Waals surface area contributed by atoms with Crippen molar-refractivity contribution in [2.75, 3.05) is 0 Å². The van der Waals surface area contributed by atoms with Gasteiger partial charge in [0.15, 0.2) is 0 Å². The van der Waals surface area contributed by atoms with Crippen LogP contribution in [-0.2, 0) is 24.3 Å². The molecule has 0 saturated carbocycles. The zero-order valence-electron chi connectivity index (χ0n) is 11.5. The van der Waals surface area contributed by atoms with Gasteiger partial charge in [-0.3, -0.25) is 4.79 Å². The van der Waals surface area contributed by atoms with E-state index in [0.717, 1.165) is 16.7 Å². The fourth-order valence-corrected chi connectivity index (χ4v) is 2.05. The maximum absolute atomic E-state index is 10.6. The van der Waals surface area contributed by atoms with Gasteiger partial charge in [-0.2, -0.15) is 5.26 Å². The number of hydrogen-bond acceptors (Lipinski definition) is 3. The number of aliphatic carboxylic acids is 1. The highest BCUT2D eigenvalue weighted by atomic mass is 16.4. The van der Waals surface area contributed by atoms with Gasteiger partial charge in [-0.15, -0.1) is 0 Å². The fourth-order valence-electron chi connectivity index (χ4n) is 2.05. The molecule has 2 rings (SSSR count). The Balaban J connectivity index is 1.85. The highest BCUT2D eigenvalue weighted by Gasteiger charge is 2.00. The van der Waals surface area contributed by atoms with Gasteiger partial charge >= 0.3 is 5.97 Å². The van der Waals surface area contributed by atoms with Crippen molar-refractivity contribution in [3.63, 3.8) is 0 Å². The molecule has 0 spiro atoms. The molecule has 4 heteroatoms. The SMILES string of the molecule is N#Cc1cccc(CNCc2ccc(CC(=O)O)cc2)c1. The summed E-state index contributed by atoms with van der Waals surface area (Å²) in [6.07, 6.45) is 0.0503. The maximum atomic E-state index is 10.6. The van der Waals surface area contributed by atoms with E-state index in [2.05, 4.69) is 11.4 Å². The molecule has 4 nitrogen and oxygen atoms in total. The van der Waals surface area contributed by atoms with Crippen LogP contribution in [0.4, 0.5) is 0 Å². The Morgan fingerprint density at radius 1 is 1.05 bits per heavy atom. The Kier molecular flexibility index (Phi) is 5.08. The molecule has 0 atom stereocenters. The Hall–Kier alpha value is -2.64. The standard InChI is InChI=1S/C17H16N2O2/c18-10-15-2-1-3-16(8-15)12-19-11-14-6-4-13(5-7-14)9-17(20)21/h1-8,19H,9,11-12H2,(H,20,21). The van der Waals surface area contributed by atoms with Crippen LogP contribution < -0.4 is 5.32 Å². The van der Waals surface area contributed by atoms with E-state index in [1.807, 2.05) is 42.5 Å². The normalized spacial score (nSPS) is 10.0. The third-order valence-corrected chi connectivity index (χ3v) is 3.09. The molecule has 0 radical (unpaired) electrons. The van der Waals surface area contributed by atoms with Crippen molar-refractivity contribution in [1.82, 2.24) is 5.32 Å². The van der Waals surface area contributed by atoms with Crippen LogP contribution in [0.3, 0.4) is 0 Å². The highest BCUT2D eigenvalue weighted by molar-refractivity contribution is 5.70. The first-order chi connectivity index (χ1) is 10.2. The molecule has 0 bridgehead atoms. The number of hydrogen-bond donors (Lipinski definition) is 2. The topological polar surface area (TPSA) is 73.1 Å². The van der Waals surface area contributed by atoms with E-state index in [4.69, 9.17) is 10.4 Å². The largest absolute Gasteiger partial charge is 0.481 e. The van der Waals surface area contributed by atoms with Gasteiger partial charge in [0, 0.05) is 13.1 Å². The fraction of sp³-hybridized carbons (Fsp3) is 0.176. The number of carboxylic acid groups (broad SMARTS) is 1. The third-order valence-electron chi connectivity index (χ3n) is 3.09. The molecule has 0 aliphatic carbocycles. The predicted octanol–water partition coefficient (Wildman–Crippen LogP) is 2.48. The maximum Gasteiger partial charge on any atom is 0.307 e. The van der Waals surface area contributed by atoms with Crippen LogP contribution in [-0.4, -0.2) is 11.1 Å². The van der Waals surface area contributed by atoms with Crippen LogP contribution in [0, 0.1) is 11.3 Å². The lowest BCUT2D eigenvalue weighted by Crippen LogP contribution is -2.12. The summed E-state index contributed by atoms with van der Waals surface area (Å²) in [7, 11) is 0. The summed E-state index contributed by atoms with van der Waals surface area (Å²) in [6, 6.07) is 17.1. The van der Waals surface area contributed by atoms with E-state index in [0.29, 0.717) is 18.7 Å². The average Bonchev–Trinajstić information content (AvgIpc) is 2.49. The van der Waals surface area contributed by atoms with Gasteiger partial charge in [0.25, 0.3) is 0 Å². The lowest BCUT2D eigenvalue weighted by atomic mass is 10.1. The molecule has 21 heavy (non-hydrogen) atoms. The number of benzene rings is 2. The van der Waals surface area contributed by atoms with E-state index >= 15 is 0 Å². The molecule has 0 saturated heterocycles. The summed E-state index contributed by atoms with van der Waals surface area (Å²) in [6.45, 7) is 1.39. The second-order valence-corrected chi connectivity index (χ2v) is 4.80. The van der Waals surface area contributed by atoms with Crippen molar-refractivity contribution in [2.45, 2.75) is 19.5 Å². The van der Waals surface area contributed by atoms with Crippen molar-refractivity contribution in [1.29, 1.82) is 5.26 Å². The second kappa shape index (κ2) is 7.22. The van der Waals surface area contributed by atoms with Crippen molar-refractivity contribution in [2.24, 2.45) is 0 Å². The first-order valence-corrected chi connectivity index (χ1v) is 6.67. The Bertz CT molecular complexity index is 657. The number of rotatable bonds is 6. The second-order valence-electron chi connectivity index (χ2n) is 4.80. The number of nitriles is 1. The number of nitrogens with zero attached hydrogens (tertiary/aromatic N) is 1. The quantitative estimate of drug-likeness (QED) is 0.852. The molecule has 0 amide bonds. The molecule has 0 heterocycles. The monoisotopic (exact) mass is 280 g/mol. The van der Waals surface area contributed by atoms with E-state index in [1.54, 1.807) is 6.07 Å². The molecule has 2 N–H and O–H groups in total. The van der Waals surface area contributed by atoms with Crippen molar-refractivity contribution < 1.29 is 9.90 Å². The third kappa shape index (κ3) is 4.75. The molecule has 106 valence electrons. The molecular weight excluding hydrogens is 264 g/mol. The van der Waals surface area contributed by atoms with E-state index in [-0.39, 0.29) is 6.42 Å². The van der Waals surface area contributed by atoms with Crippen LogP contribution in [0.2, 0.25) is 0 Å². The molecule has 0 fully saturated rings. The van der Waals surface area contributed by atoms with E-state index < -0.39 is 5.97 Å². The minimum absolute atomic E-state index is 0.0503. The summed E-state index contributed by atoms with van der Waals surface area (Å²) in [4.78, 5) is 10.6. The molecule has 2 aromatic carbocycles. The molecular formula is C17H16N2O2. The van der Waals surface area contributed by atoms with Crippen LogP contribution >= 0.6 is 0 Å². The van der Waals surface area contributed by atoms with Gasteiger partial charge in [-0.1, -0.05) is 36.4 Å². The highest BCUT2D eigenvalue weighted by Crippen LogP contribution is 2.07. The van der Waals surface area contributed by atoms with Gasteiger partial charge in [0.1, 0.15) is 0 Å². The van der Waals surface area contributed by atoms with E-state index in [9.17, 15) is 4.79 Å². The van der Waals surface area contributed by atoms with Gasteiger partial charge in [-0.25, -0.2) is 0 Å². The Morgan fingerprint density at radius 3 is 2.38 bits per heavy atom. The summed E-state index contributed by atoms with van der Waals surface area (Å²) in [5, 5.41) is 20.9. The van der Waals surface area contributed by atoms with Crippen LogP contribution in [0.1, 0.15) is 22.3 Å². The van der Waals surface area contributed by atoms with E-state index in [1.165, 1.54) is 0 Å². The van der Waals surface area contributed by atoms with Gasteiger partial charge < -0.3 is 10.4 Å². The first-order valence-electron chi connectivity index (χ1n) is 6.67. The number of carboxylic acids is 1.